The van der Waals surface area contributed by atoms with Crippen molar-refractivity contribution in [2.24, 2.45) is 0 Å². The smallest absolute Gasteiger partial charge is 0.0731 e. The van der Waals surface area contributed by atoms with E-state index >= 15 is 0 Å². The zero-order valence-electron chi connectivity index (χ0n) is 28.7. The Morgan fingerprint density at radius 3 is 1.54 bits per heavy atom. The molecule has 0 aliphatic heterocycles. The van der Waals surface area contributed by atoms with Gasteiger partial charge in [-0.25, -0.2) is 0 Å². The van der Waals surface area contributed by atoms with Gasteiger partial charge < -0.3 is 0 Å². The van der Waals surface area contributed by atoms with Gasteiger partial charge in [0.1, 0.15) is 0 Å². The number of fused-ring (bicyclic) bond motifs is 10. The summed E-state index contributed by atoms with van der Waals surface area (Å²) in [5.41, 5.74) is 21.5. The molecular weight excluding hydrogens is 601 g/mol. The molecular formula is C50H38. The lowest BCUT2D eigenvalue weighted by atomic mass is 9.68. The molecule has 0 heteroatoms. The molecule has 0 aromatic heterocycles. The SMILES string of the molecule is C/C=C\C(=C/C)c1cc(-c2cc(C)cc(-c3ccccc3)c2)cc(-c2cccc3c2C2(c4ccccc4-c4ccccc42)c2ccccc2-3)c1. The van der Waals surface area contributed by atoms with Crippen molar-refractivity contribution in [2.75, 3.05) is 0 Å². The Labute approximate surface area is 295 Å². The second kappa shape index (κ2) is 11.9. The molecule has 0 fully saturated rings. The van der Waals surface area contributed by atoms with Crippen LogP contribution < -0.4 is 0 Å². The number of rotatable bonds is 5. The molecule has 7 aromatic carbocycles. The molecule has 1 spiro atoms. The summed E-state index contributed by atoms with van der Waals surface area (Å²) < 4.78 is 0. The van der Waals surface area contributed by atoms with Crippen LogP contribution in [-0.2, 0) is 5.41 Å². The van der Waals surface area contributed by atoms with Gasteiger partial charge in [-0.2, -0.15) is 0 Å². The lowest BCUT2D eigenvalue weighted by molar-refractivity contribution is 0.796. The third-order valence-corrected chi connectivity index (χ3v) is 10.8. The highest BCUT2D eigenvalue weighted by molar-refractivity contribution is 5.99. The summed E-state index contributed by atoms with van der Waals surface area (Å²) in [7, 11) is 0. The molecule has 238 valence electrons. The summed E-state index contributed by atoms with van der Waals surface area (Å²) in [5.74, 6) is 0. The van der Waals surface area contributed by atoms with Gasteiger partial charge in [-0.1, -0.05) is 152 Å². The quantitative estimate of drug-likeness (QED) is 0.165. The van der Waals surface area contributed by atoms with Crippen molar-refractivity contribution in [1.82, 2.24) is 0 Å². The molecule has 0 radical (unpaired) electrons. The van der Waals surface area contributed by atoms with Gasteiger partial charge in [0.15, 0.2) is 0 Å². The maximum Gasteiger partial charge on any atom is 0.0731 e. The van der Waals surface area contributed by atoms with E-state index in [1.807, 2.05) is 0 Å². The van der Waals surface area contributed by atoms with Crippen LogP contribution in [0, 0.1) is 6.92 Å². The third-order valence-electron chi connectivity index (χ3n) is 10.8. The summed E-state index contributed by atoms with van der Waals surface area (Å²) in [4.78, 5) is 0. The minimum absolute atomic E-state index is 0.414. The van der Waals surface area contributed by atoms with Gasteiger partial charge >= 0.3 is 0 Å². The molecule has 9 rings (SSSR count). The lowest BCUT2D eigenvalue weighted by Crippen LogP contribution is -2.26. The van der Waals surface area contributed by atoms with Crippen LogP contribution in [0.3, 0.4) is 0 Å². The Balaban J connectivity index is 1.35. The van der Waals surface area contributed by atoms with E-state index in [-0.39, 0.29) is 0 Å². The van der Waals surface area contributed by atoms with Gasteiger partial charge in [0.05, 0.1) is 5.41 Å². The van der Waals surface area contributed by atoms with Crippen LogP contribution in [0.1, 0.15) is 47.2 Å². The second-order valence-corrected chi connectivity index (χ2v) is 13.6. The van der Waals surface area contributed by atoms with Gasteiger partial charge in [0.2, 0.25) is 0 Å². The monoisotopic (exact) mass is 638 g/mol. The Morgan fingerprint density at radius 1 is 0.440 bits per heavy atom. The van der Waals surface area contributed by atoms with E-state index in [2.05, 4.69) is 197 Å². The summed E-state index contributed by atoms with van der Waals surface area (Å²) in [6.45, 7) is 6.44. The van der Waals surface area contributed by atoms with Crippen LogP contribution in [0.4, 0.5) is 0 Å². The van der Waals surface area contributed by atoms with Crippen molar-refractivity contribution >= 4 is 5.57 Å². The van der Waals surface area contributed by atoms with Crippen LogP contribution in [0.2, 0.25) is 0 Å². The molecule has 7 aromatic rings. The van der Waals surface area contributed by atoms with E-state index in [0.717, 1.165) is 0 Å². The van der Waals surface area contributed by atoms with Crippen molar-refractivity contribution < 1.29 is 0 Å². The van der Waals surface area contributed by atoms with E-state index in [0.29, 0.717) is 0 Å². The molecule has 0 unspecified atom stereocenters. The number of aryl methyl sites for hydroxylation is 1. The minimum atomic E-state index is -0.414. The number of hydrogen-bond acceptors (Lipinski definition) is 0. The van der Waals surface area contributed by atoms with Crippen LogP contribution in [0.15, 0.2) is 176 Å². The molecule has 0 saturated carbocycles. The Kier molecular flexibility index (Phi) is 7.14. The fraction of sp³-hybridized carbons (Fsp3) is 0.0800. The first-order valence-corrected chi connectivity index (χ1v) is 17.7. The van der Waals surface area contributed by atoms with Crippen molar-refractivity contribution in [2.45, 2.75) is 26.2 Å². The molecule has 0 heterocycles. The Morgan fingerprint density at radius 2 is 0.920 bits per heavy atom. The summed E-state index contributed by atoms with van der Waals surface area (Å²) in [6.07, 6.45) is 6.59. The molecule has 0 amide bonds. The highest BCUT2D eigenvalue weighted by Gasteiger charge is 2.52. The maximum atomic E-state index is 2.43. The topological polar surface area (TPSA) is 0 Å². The number of hydrogen-bond donors (Lipinski definition) is 0. The highest BCUT2D eigenvalue weighted by atomic mass is 14.5. The summed E-state index contributed by atoms with van der Waals surface area (Å²) in [5, 5.41) is 0. The standard InChI is InChI=1S/C50H38/c1-4-16-34(5-2)38-30-39(37-28-33(3)27-36(29-37)35-17-7-6-8-18-35)32-40(31-38)41-22-15-23-45-44-21-11-14-26-48(44)50(49(41)45)46-24-12-9-19-42(46)43-20-10-13-25-47(43)50/h4-32H,1-3H3/b16-4-,34-5+. The van der Waals surface area contributed by atoms with Crippen molar-refractivity contribution in [3.63, 3.8) is 0 Å². The Bertz CT molecular complexity index is 2440. The molecule has 0 saturated heterocycles. The van der Waals surface area contributed by atoms with Crippen LogP contribution in [0.25, 0.3) is 61.2 Å². The van der Waals surface area contributed by atoms with E-state index < -0.39 is 5.41 Å². The van der Waals surface area contributed by atoms with Gasteiger partial charge in [0, 0.05) is 0 Å². The molecule has 0 N–H and O–H groups in total. The van der Waals surface area contributed by atoms with Crippen LogP contribution in [-0.4, -0.2) is 0 Å². The lowest BCUT2D eigenvalue weighted by Gasteiger charge is -2.32. The fourth-order valence-electron chi connectivity index (χ4n) is 8.80. The van der Waals surface area contributed by atoms with Gasteiger partial charge in [-0.3, -0.25) is 0 Å². The third kappa shape index (κ3) is 4.45. The first-order valence-electron chi connectivity index (χ1n) is 17.7. The number of allylic oxidation sites excluding steroid dienone is 4. The molecule has 0 nitrogen and oxygen atoms in total. The van der Waals surface area contributed by atoms with Crippen LogP contribution >= 0.6 is 0 Å². The van der Waals surface area contributed by atoms with Gasteiger partial charge in [-0.15, -0.1) is 0 Å². The van der Waals surface area contributed by atoms with E-state index in [9.17, 15) is 0 Å². The van der Waals surface area contributed by atoms with Crippen molar-refractivity contribution in [3.8, 4) is 55.6 Å². The average Bonchev–Trinajstić information content (AvgIpc) is 3.64. The Hall–Kier alpha value is -5.98. The zero-order valence-corrected chi connectivity index (χ0v) is 28.7. The largest absolute Gasteiger partial charge is 0.0871 e. The molecule has 2 aliphatic rings. The van der Waals surface area contributed by atoms with E-state index in [1.165, 1.54) is 94.6 Å². The maximum absolute atomic E-state index is 2.43. The first-order chi connectivity index (χ1) is 24.6. The van der Waals surface area contributed by atoms with E-state index in [1.54, 1.807) is 0 Å². The zero-order chi connectivity index (χ0) is 33.8. The second-order valence-electron chi connectivity index (χ2n) is 13.6. The first kappa shape index (κ1) is 30.1. The minimum Gasteiger partial charge on any atom is -0.0871 e. The van der Waals surface area contributed by atoms with Crippen molar-refractivity contribution in [3.05, 3.63) is 209 Å². The predicted molar refractivity (Wildman–Crippen MR) is 212 cm³/mol. The molecule has 0 bridgehead atoms. The van der Waals surface area contributed by atoms with Crippen LogP contribution in [0.5, 0.6) is 0 Å². The predicted octanol–water partition coefficient (Wildman–Crippen LogP) is 13.3. The van der Waals surface area contributed by atoms with E-state index in [4.69, 9.17) is 0 Å². The average molecular weight is 639 g/mol. The van der Waals surface area contributed by atoms with Crippen molar-refractivity contribution in [1.29, 1.82) is 0 Å². The number of benzene rings is 7. The highest BCUT2D eigenvalue weighted by Crippen LogP contribution is 2.64. The van der Waals surface area contributed by atoms with Gasteiger partial charge in [-0.05, 0) is 140 Å². The van der Waals surface area contributed by atoms with Gasteiger partial charge in [0.25, 0.3) is 0 Å². The summed E-state index contributed by atoms with van der Waals surface area (Å²) >= 11 is 0. The normalized spacial score (nSPS) is 13.7. The fourth-order valence-corrected chi connectivity index (χ4v) is 8.80. The molecule has 50 heavy (non-hydrogen) atoms. The summed E-state index contributed by atoms with van der Waals surface area (Å²) in [6, 6.07) is 59.1. The molecule has 2 aliphatic carbocycles. The molecule has 0 atom stereocenters.